The quantitative estimate of drug-likeness (QED) is 0.580. The molecule has 0 unspecified atom stereocenters. The topological polar surface area (TPSA) is 107 Å². The first-order chi connectivity index (χ1) is 11.8. The monoisotopic (exact) mass is 395 g/mol. The van der Waals surface area contributed by atoms with Gasteiger partial charge in [0.1, 0.15) is 5.60 Å². The molecule has 1 amide bonds. The van der Waals surface area contributed by atoms with Crippen LogP contribution in [0.4, 0.5) is 10.7 Å². The van der Waals surface area contributed by atoms with E-state index in [4.69, 9.17) is 37.4 Å². The summed E-state index contributed by atoms with van der Waals surface area (Å²) in [6, 6.07) is 0. The maximum Gasteiger partial charge on any atom is 0.407 e. The van der Waals surface area contributed by atoms with Gasteiger partial charge >= 0.3 is 6.09 Å². The van der Waals surface area contributed by atoms with Crippen LogP contribution in [-0.4, -0.2) is 66.2 Å². The highest BCUT2D eigenvalue weighted by molar-refractivity contribution is 6.31. The van der Waals surface area contributed by atoms with Gasteiger partial charge in [0, 0.05) is 13.1 Å². The Morgan fingerprint density at radius 3 is 2.08 bits per heavy atom. The Balaban J connectivity index is 1.94. The summed E-state index contributed by atoms with van der Waals surface area (Å²) in [5.41, 5.74) is -0.509. The molecule has 0 atom stereocenters. The Morgan fingerprint density at radius 2 is 1.52 bits per heavy atom. The number of carbonyl (C=O) groups excluding carboxylic acids is 1. The van der Waals surface area contributed by atoms with E-state index in [1.54, 1.807) is 20.8 Å². The van der Waals surface area contributed by atoms with Gasteiger partial charge in [0.2, 0.25) is 16.5 Å². The van der Waals surface area contributed by atoms with Crippen molar-refractivity contribution < 1.29 is 19.0 Å². The Morgan fingerprint density at radius 1 is 0.960 bits per heavy atom. The van der Waals surface area contributed by atoms with E-state index in [1.807, 2.05) is 0 Å². The average Bonchev–Trinajstić information content (AvgIpc) is 2.46. The summed E-state index contributed by atoms with van der Waals surface area (Å²) in [5.74, 6) is 0.290. The molecule has 0 saturated carbocycles. The molecule has 2 N–H and O–H groups in total. The van der Waals surface area contributed by atoms with Gasteiger partial charge in [-0.1, -0.05) is 0 Å². The van der Waals surface area contributed by atoms with Gasteiger partial charge in [-0.25, -0.2) is 4.79 Å². The van der Waals surface area contributed by atoms with Crippen molar-refractivity contribution in [2.24, 2.45) is 0 Å². The van der Waals surface area contributed by atoms with Crippen LogP contribution in [0.25, 0.3) is 0 Å². The fourth-order valence-corrected chi connectivity index (χ4v) is 1.86. The lowest BCUT2D eigenvalue weighted by Crippen LogP contribution is -2.34. The van der Waals surface area contributed by atoms with Crippen molar-refractivity contribution in [3.8, 4) is 0 Å². The van der Waals surface area contributed by atoms with E-state index in [1.165, 1.54) is 0 Å². The molecule has 0 aliphatic heterocycles. The predicted molar refractivity (Wildman–Crippen MR) is 94.2 cm³/mol. The smallest absolute Gasteiger partial charge is 0.407 e. The zero-order valence-electron chi connectivity index (χ0n) is 14.5. The van der Waals surface area contributed by atoms with Crippen molar-refractivity contribution in [2.75, 3.05) is 44.8 Å². The Kier molecular flexibility index (Phi) is 9.73. The number of nitrogens with zero attached hydrogens (tertiary/aromatic N) is 3. The lowest BCUT2D eigenvalue weighted by Gasteiger charge is -2.19. The van der Waals surface area contributed by atoms with Crippen molar-refractivity contribution in [2.45, 2.75) is 26.4 Å². The van der Waals surface area contributed by atoms with Crippen LogP contribution in [0.1, 0.15) is 20.8 Å². The van der Waals surface area contributed by atoms with Crippen molar-refractivity contribution in [3.05, 3.63) is 10.6 Å². The number of aromatic nitrogens is 3. The van der Waals surface area contributed by atoms with Gasteiger partial charge in [0.25, 0.3) is 0 Å². The highest BCUT2D eigenvalue weighted by atomic mass is 35.5. The number of carbonyl (C=O) groups is 1. The first-order valence-corrected chi connectivity index (χ1v) is 8.45. The van der Waals surface area contributed by atoms with Crippen LogP contribution in [0, 0.1) is 0 Å². The molecule has 0 fully saturated rings. The molecule has 1 rings (SSSR count). The fraction of sp³-hybridized carbons (Fsp3) is 0.714. The lowest BCUT2D eigenvalue weighted by atomic mass is 10.2. The summed E-state index contributed by atoms with van der Waals surface area (Å²) >= 11 is 11.3. The van der Waals surface area contributed by atoms with Crippen molar-refractivity contribution in [3.63, 3.8) is 0 Å². The zero-order valence-corrected chi connectivity index (χ0v) is 16.0. The van der Waals surface area contributed by atoms with Gasteiger partial charge in [0.15, 0.2) is 0 Å². The van der Waals surface area contributed by atoms with Crippen LogP contribution >= 0.6 is 23.2 Å². The molecule has 1 aromatic rings. The highest BCUT2D eigenvalue weighted by Gasteiger charge is 2.15. The van der Waals surface area contributed by atoms with E-state index in [0.29, 0.717) is 39.5 Å². The molecule has 0 spiro atoms. The van der Waals surface area contributed by atoms with E-state index in [0.717, 1.165) is 0 Å². The predicted octanol–water partition coefficient (Wildman–Crippen LogP) is 2.15. The first kappa shape index (κ1) is 21.6. The summed E-state index contributed by atoms with van der Waals surface area (Å²) in [7, 11) is 0. The minimum Gasteiger partial charge on any atom is -0.444 e. The Hall–Kier alpha value is -1.42. The van der Waals surface area contributed by atoms with Crippen molar-refractivity contribution in [1.29, 1.82) is 0 Å². The molecule has 9 nitrogen and oxygen atoms in total. The minimum atomic E-state index is -0.509. The number of alkyl carbamates (subject to hydrolysis) is 1. The van der Waals surface area contributed by atoms with Crippen LogP contribution in [0.5, 0.6) is 0 Å². The molecule has 0 bridgehead atoms. The molecule has 0 aliphatic rings. The average molecular weight is 396 g/mol. The van der Waals surface area contributed by atoms with Gasteiger partial charge in [-0.05, 0) is 44.0 Å². The molecule has 25 heavy (non-hydrogen) atoms. The van der Waals surface area contributed by atoms with E-state index < -0.39 is 11.7 Å². The molecule has 0 aromatic carbocycles. The molecule has 1 aromatic heterocycles. The summed E-state index contributed by atoms with van der Waals surface area (Å²) in [4.78, 5) is 22.7. The molecular weight excluding hydrogens is 373 g/mol. The lowest BCUT2D eigenvalue weighted by molar-refractivity contribution is 0.0415. The van der Waals surface area contributed by atoms with E-state index in [-0.39, 0.29) is 16.5 Å². The minimum absolute atomic E-state index is 0.0248. The summed E-state index contributed by atoms with van der Waals surface area (Å²) in [6.45, 7) is 7.92. The normalized spacial score (nSPS) is 11.2. The fourth-order valence-electron chi connectivity index (χ4n) is 1.50. The Labute approximate surface area is 156 Å². The molecule has 142 valence electrons. The Bertz CT molecular complexity index is 522. The van der Waals surface area contributed by atoms with Gasteiger partial charge in [-0.2, -0.15) is 15.0 Å². The third kappa shape index (κ3) is 11.7. The van der Waals surface area contributed by atoms with E-state index in [2.05, 4.69) is 25.6 Å². The van der Waals surface area contributed by atoms with Crippen LogP contribution in [0.3, 0.4) is 0 Å². The van der Waals surface area contributed by atoms with Crippen LogP contribution in [0.15, 0.2) is 0 Å². The van der Waals surface area contributed by atoms with Gasteiger partial charge in [-0.3, -0.25) is 0 Å². The summed E-state index contributed by atoms with van der Waals surface area (Å²) in [5, 5.41) is 5.56. The molecule has 11 heteroatoms. The summed E-state index contributed by atoms with van der Waals surface area (Å²) in [6.07, 6.45) is -0.461. The maximum absolute atomic E-state index is 11.4. The van der Waals surface area contributed by atoms with Crippen molar-refractivity contribution in [1.82, 2.24) is 20.3 Å². The van der Waals surface area contributed by atoms with Crippen molar-refractivity contribution >= 4 is 35.2 Å². The number of halogens is 2. The maximum atomic E-state index is 11.4. The second kappa shape index (κ2) is 11.2. The molecule has 1 heterocycles. The number of hydrogen-bond donors (Lipinski definition) is 2. The largest absolute Gasteiger partial charge is 0.444 e. The van der Waals surface area contributed by atoms with Gasteiger partial charge in [0.05, 0.1) is 26.4 Å². The number of hydrogen-bond acceptors (Lipinski definition) is 8. The van der Waals surface area contributed by atoms with E-state index >= 15 is 0 Å². The van der Waals surface area contributed by atoms with Gasteiger partial charge < -0.3 is 24.8 Å². The van der Waals surface area contributed by atoms with E-state index in [9.17, 15) is 4.79 Å². The number of anilines is 1. The standard InChI is InChI=1S/C14H23Cl2N5O4/c1-14(2,3)25-13(22)18-5-7-24-9-8-23-6-4-17-12-20-10(15)19-11(16)21-12/h4-9H2,1-3H3,(H,18,22)(H,17,19,20,21). The number of rotatable bonds is 10. The van der Waals surface area contributed by atoms with Crippen LogP contribution < -0.4 is 10.6 Å². The molecule has 0 radical (unpaired) electrons. The van der Waals surface area contributed by atoms with Crippen LogP contribution in [-0.2, 0) is 14.2 Å². The third-order valence-electron chi connectivity index (χ3n) is 2.40. The summed E-state index contributed by atoms with van der Waals surface area (Å²) < 4.78 is 15.8. The second-order valence-electron chi connectivity index (χ2n) is 5.78. The zero-order chi connectivity index (χ0) is 18.7. The third-order valence-corrected chi connectivity index (χ3v) is 2.74. The molecule has 0 saturated heterocycles. The van der Waals surface area contributed by atoms with Crippen LogP contribution in [0.2, 0.25) is 10.6 Å². The highest BCUT2D eigenvalue weighted by Crippen LogP contribution is 2.09. The second-order valence-corrected chi connectivity index (χ2v) is 6.45. The number of ether oxygens (including phenoxy) is 3. The SMILES string of the molecule is CC(C)(C)OC(=O)NCCOCCOCCNc1nc(Cl)nc(Cl)n1. The molecular formula is C14H23Cl2N5O4. The number of nitrogens with one attached hydrogen (secondary N) is 2. The first-order valence-electron chi connectivity index (χ1n) is 7.69. The van der Waals surface area contributed by atoms with Gasteiger partial charge in [-0.15, -0.1) is 0 Å². The molecule has 0 aliphatic carbocycles. The number of amides is 1.